The minimum atomic E-state index is -1.84. The fourth-order valence-electron chi connectivity index (χ4n) is 3.71. The molecule has 3 N–H and O–H groups in total. The molecule has 24 heavy (non-hydrogen) atoms. The molecule has 2 aromatic rings. The van der Waals surface area contributed by atoms with Gasteiger partial charge in [0.15, 0.2) is 0 Å². The molecule has 0 saturated heterocycles. The Labute approximate surface area is 138 Å². The van der Waals surface area contributed by atoms with Crippen molar-refractivity contribution in [2.45, 2.75) is 31.1 Å². The summed E-state index contributed by atoms with van der Waals surface area (Å²) in [5, 5.41) is 18.5. The molecule has 2 aliphatic rings. The van der Waals surface area contributed by atoms with Crippen molar-refractivity contribution in [1.29, 1.82) is 0 Å². The van der Waals surface area contributed by atoms with Crippen molar-refractivity contribution in [2.24, 2.45) is 16.1 Å². The minimum Gasteiger partial charge on any atom is -0.454 e. The largest absolute Gasteiger partial charge is 0.454 e. The maximum atomic E-state index is 11.9. The van der Waals surface area contributed by atoms with Crippen LogP contribution in [0.5, 0.6) is 5.75 Å². The van der Waals surface area contributed by atoms with Crippen molar-refractivity contribution in [1.82, 2.24) is 0 Å². The molecule has 6 nitrogen and oxygen atoms in total. The first kappa shape index (κ1) is 14.8. The number of nitroso groups, excluding NO2 is 1. The van der Waals surface area contributed by atoms with Crippen molar-refractivity contribution >= 4 is 5.71 Å². The van der Waals surface area contributed by atoms with Gasteiger partial charge in [-0.25, -0.2) is 0 Å². The van der Waals surface area contributed by atoms with Crippen LogP contribution < -0.4 is 10.6 Å². The van der Waals surface area contributed by atoms with Crippen LogP contribution in [0.4, 0.5) is 0 Å². The quantitative estimate of drug-likeness (QED) is 0.504. The zero-order valence-corrected chi connectivity index (χ0v) is 13.4. The van der Waals surface area contributed by atoms with Crippen LogP contribution in [-0.4, -0.2) is 10.8 Å². The van der Waals surface area contributed by atoms with E-state index in [9.17, 15) is 10.0 Å². The van der Waals surface area contributed by atoms with E-state index in [2.05, 4.69) is 24.1 Å². The second-order valence-electron chi connectivity index (χ2n) is 6.48. The predicted molar refractivity (Wildman–Crippen MR) is 89.7 cm³/mol. The highest BCUT2D eigenvalue weighted by atomic mass is 16.6. The fraction of sp³-hybridized carbons (Fsp3) is 0.278. The zero-order chi connectivity index (χ0) is 17.1. The van der Waals surface area contributed by atoms with Gasteiger partial charge in [-0.15, -0.1) is 4.91 Å². The third kappa shape index (κ3) is 1.46. The van der Waals surface area contributed by atoms with Gasteiger partial charge in [0.05, 0.1) is 0 Å². The van der Waals surface area contributed by atoms with Gasteiger partial charge in [0.2, 0.25) is 5.60 Å². The molecule has 0 fully saturated rings. The number of hydrogen-bond acceptors (Lipinski definition) is 6. The second-order valence-corrected chi connectivity index (χ2v) is 6.48. The van der Waals surface area contributed by atoms with Crippen LogP contribution in [0.3, 0.4) is 0 Å². The van der Waals surface area contributed by atoms with Crippen LogP contribution in [0.2, 0.25) is 0 Å². The number of ether oxygens (including phenoxy) is 1. The van der Waals surface area contributed by atoms with Crippen LogP contribution in [-0.2, 0) is 11.3 Å². The predicted octanol–water partition coefficient (Wildman–Crippen LogP) is 2.69. The summed E-state index contributed by atoms with van der Waals surface area (Å²) in [6, 6.07) is 12.5. The summed E-state index contributed by atoms with van der Waals surface area (Å²) in [5.41, 5.74) is -0.925. The monoisotopic (exact) mass is 323 g/mol. The Balaban J connectivity index is 2.04. The Morgan fingerprint density at radius 3 is 2.58 bits per heavy atom. The lowest BCUT2D eigenvalue weighted by Crippen LogP contribution is -2.47. The first-order valence-electron chi connectivity index (χ1n) is 7.78. The number of fused-ring (bicyclic) bond motifs is 5. The van der Waals surface area contributed by atoms with Crippen LogP contribution in [0.1, 0.15) is 42.0 Å². The number of aliphatic hydroxyl groups is 1. The SMILES string of the molecule is CC(C)c1ccc2c(c1)OC1(N=O)c3ccccc3/C(=N\N)C21O. The van der Waals surface area contributed by atoms with Crippen molar-refractivity contribution in [3.05, 3.63) is 69.6 Å². The Morgan fingerprint density at radius 2 is 1.92 bits per heavy atom. The lowest BCUT2D eigenvalue weighted by molar-refractivity contribution is -0.0622. The van der Waals surface area contributed by atoms with Crippen molar-refractivity contribution < 1.29 is 9.84 Å². The Hall–Kier alpha value is -2.73. The minimum absolute atomic E-state index is 0.189. The molecule has 4 rings (SSSR count). The Bertz CT molecular complexity index is 893. The van der Waals surface area contributed by atoms with Gasteiger partial charge in [-0.1, -0.05) is 50.2 Å². The second kappa shape index (κ2) is 4.64. The third-order valence-corrected chi connectivity index (χ3v) is 4.96. The van der Waals surface area contributed by atoms with Crippen LogP contribution in [0, 0.1) is 4.91 Å². The Kier molecular flexibility index (Phi) is 2.87. The van der Waals surface area contributed by atoms with Crippen LogP contribution in [0.25, 0.3) is 0 Å². The normalized spacial score (nSPS) is 28.4. The molecule has 0 saturated carbocycles. The first-order chi connectivity index (χ1) is 11.5. The van der Waals surface area contributed by atoms with E-state index >= 15 is 0 Å². The molecule has 1 heterocycles. The molecule has 6 heteroatoms. The van der Waals surface area contributed by atoms with Crippen molar-refractivity contribution in [3.63, 3.8) is 0 Å². The average Bonchev–Trinajstić information content (AvgIpc) is 2.96. The molecule has 2 atom stereocenters. The number of hydrazone groups is 1. The summed E-state index contributed by atoms with van der Waals surface area (Å²) in [4.78, 5) is 11.9. The molecule has 1 aliphatic heterocycles. The number of benzene rings is 2. The smallest absolute Gasteiger partial charge is 0.304 e. The standard InChI is InChI=1S/C18H17N3O3/c1-10(2)11-7-8-14-15(9-11)24-18(21-23)13-6-4-3-5-12(13)16(20-19)17(14,18)22/h3-10,22H,19H2,1-2H3/b20-16+. The molecule has 0 spiro atoms. The van der Waals surface area contributed by atoms with Crippen LogP contribution in [0.15, 0.2) is 52.7 Å². The number of rotatable bonds is 2. The molecule has 1 aliphatic carbocycles. The average molecular weight is 323 g/mol. The Morgan fingerprint density at radius 1 is 1.17 bits per heavy atom. The summed E-state index contributed by atoms with van der Waals surface area (Å²) in [5.74, 6) is 6.28. The molecule has 0 aromatic heterocycles. The van der Waals surface area contributed by atoms with Gasteiger partial charge in [-0.2, -0.15) is 5.10 Å². The third-order valence-electron chi connectivity index (χ3n) is 4.96. The summed E-state index contributed by atoms with van der Waals surface area (Å²) < 4.78 is 5.95. The van der Waals surface area contributed by atoms with Crippen LogP contribution >= 0.6 is 0 Å². The van der Waals surface area contributed by atoms with E-state index in [0.717, 1.165) is 5.56 Å². The highest BCUT2D eigenvalue weighted by Crippen LogP contribution is 2.60. The fourth-order valence-corrected chi connectivity index (χ4v) is 3.71. The number of hydrogen-bond donors (Lipinski definition) is 2. The molecular formula is C18H17N3O3. The summed E-state index contributed by atoms with van der Waals surface area (Å²) in [6.07, 6.45) is 0. The van der Waals surface area contributed by atoms with Gasteiger partial charge in [0, 0.05) is 16.7 Å². The lowest BCUT2D eigenvalue weighted by atomic mass is 9.84. The van der Waals surface area contributed by atoms with E-state index in [0.29, 0.717) is 22.4 Å². The molecule has 0 bridgehead atoms. The van der Waals surface area contributed by atoms with E-state index < -0.39 is 11.3 Å². The molecule has 2 unspecified atom stereocenters. The molecule has 122 valence electrons. The molecule has 2 aromatic carbocycles. The summed E-state index contributed by atoms with van der Waals surface area (Å²) >= 11 is 0. The van der Waals surface area contributed by atoms with E-state index in [1.807, 2.05) is 12.1 Å². The van der Waals surface area contributed by atoms with E-state index in [-0.39, 0.29) is 11.6 Å². The number of nitrogens with two attached hydrogens (primary N) is 1. The summed E-state index contributed by atoms with van der Waals surface area (Å²) in [6.45, 7) is 4.12. The van der Waals surface area contributed by atoms with Crippen molar-refractivity contribution in [3.8, 4) is 5.75 Å². The van der Waals surface area contributed by atoms with Gasteiger partial charge in [-0.05, 0) is 22.7 Å². The highest BCUT2D eigenvalue weighted by Gasteiger charge is 2.71. The summed E-state index contributed by atoms with van der Waals surface area (Å²) in [7, 11) is 0. The molecule has 0 amide bonds. The van der Waals surface area contributed by atoms with Gasteiger partial charge >= 0.3 is 5.72 Å². The molecular weight excluding hydrogens is 306 g/mol. The zero-order valence-electron chi connectivity index (χ0n) is 13.4. The van der Waals surface area contributed by atoms with E-state index in [1.165, 1.54) is 0 Å². The highest BCUT2D eigenvalue weighted by molar-refractivity contribution is 6.13. The van der Waals surface area contributed by atoms with Gasteiger partial charge < -0.3 is 15.7 Å². The topological polar surface area (TPSA) is 97.3 Å². The lowest BCUT2D eigenvalue weighted by Gasteiger charge is -2.28. The van der Waals surface area contributed by atoms with Gasteiger partial charge in [-0.3, -0.25) is 0 Å². The van der Waals surface area contributed by atoms with Crippen molar-refractivity contribution in [2.75, 3.05) is 0 Å². The van der Waals surface area contributed by atoms with E-state index in [4.69, 9.17) is 10.6 Å². The maximum absolute atomic E-state index is 11.9. The molecule has 0 radical (unpaired) electrons. The number of nitrogens with zero attached hydrogens (tertiary/aromatic N) is 2. The van der Waals surface area contributed by atoms with Gasteiger partial charge in [0.1, 0.15) is 11.5 Å². The van der Waals surface area contributed by atoms with E-state index in [1.54, 1.807) is 30.3 Å². The maximum Gasteiger partial charge on any atom is 0.304 e. The first-order valence-corrected chi connectivity index (χ1v) is 7.78. The van der Waals surface area contributed by atoms with Gasteiger partial charge in [0.25, 0.3) is 0 Å².